The van der Waals surface area contributed by atoms with Crippen molar-refractivity contribution in [2.75, 3.05) is 7.05 Å². The van der Waals surface area contributed by atoms with Crippen LogP contribution in [0.25, 0.3) is 0 Å². The van der Waals surface area contributed by atoms with Crippen LogP contribution in [0.4, 0.5) is 0 Å². The van der Waals surface area contributed by atoms with Crippen molar-refractivity contribution in [3.8, 4) is 0 Å². The van der Waals surface area contributed by atoms with Gasteiger partial charge >= 0.3 is 5.97 Å². The number of thiophene rings is 1. The lowest BCUT2D eigenvalue weighted by atomic mass is 10.1. The minimum atomic E-state index is -0.879. The minimum absolute atomic E-state index is 0.336. The number of hydrogen-bond donors (Lipinski definition) is 1. The number of hydrogen-bond acceptors (Lipinski definition) is 3. The molecule has 1 N–H and O–H groups in total. The van der Waals surface area contributed by atoms with E-state index in [0.717, 1.165) is 18.5 Å². The van der Waals surface area contributed by atoms with Crippen LogP contribution >= 0.6 is 11.3 Å². The highest BCUT2D eigenvalue weighted by Gasteiger charge is 2.11. The van der Waals surface area contributed by atoms with E-state index >= 15 is 0 Å². The quantitative estimate of drug-likeness (QED) is 0.884. The van der Waals surface area contributed by atoms with Gasteiger partial charge in [0, 0.05) is 17.5 Å². The van der Waals surface area contributed by atoms with Gasteiger partial charge in [-0.1, -0.05) is 18.2 Å². The molecule has 0 aliphatic carbocycles. The minimum Gasteiger partial charge on any atom is -0.478 e. The monoisotopic (exact) mass is 289 g/mol. The third kappa shape index (κ3) is 3.92. The largest absolute Gasteiger partial charge is 0.478 e. The number of aromatic carboxylic acids is 1. The van der Waals surface area contributed by atoms with E-state index < -0.39 is 5.97 Å². The zero-order valence-corrected chi connectivity index (χ0v) is 12.6. The fourth-order valence-electron chi connectivity index (χ4n) is 2.07. The van der Waals surface area contributed by atoms with E-state index in [1.54, 1.807) is 23.5 Å². The Morgan fingerprint density at radius 3 is 2.55 bits per heavy atom. The first-order chi connectivity index (χ1) is 9.56. The lowest BCUT2D eigenvalue weighted by Crippen LogP contribution is -2.30. The van der Waals surface area contributed by atoms with Gasteiger partial charge in [-0.2, -0.15) is 0 Å². The van der Waals surface area contributed by atoms with Crippen molar-refractivity contribution in [2.24, 2.45) is 0 Å². The summed E-state index contributed by atoms with van der Waals surface area (Å²) in [6, 6.07) is 11.8. The molecule has 3 nitrogen and oxygen atoms in total. The van der Waals surface area contributed by atoms with Gasteiger partial charge in [0.05, 0.1) is 5.56 Å². The Balaban J connectivity index is 1.93. The normalized spacial score (nSPS) is 12.6. The lowest BCUT2D eigenvalue weighted by molar-refractivity contribution is 0.0697. The molecule has 0 bridgehead atoms. The Hall–Kier alpha value is -1.65. The zero-order valence-electron chi connectivity index (χ0n) is 11.7. The molecule has 0 amide bonds. The molecular weight excluding hydrogens is 270 g/mol. The van der Waals surface area contributed by atoms with E-state index in [1.165, 1.54) is 4.88 Å². The van der Waals surface area contributed by atoms with Gasteiger partial charge in [-0.3, -0.25) is 4.90 Å². The number of likely N-dealkylation sites (N-methyl/N-ethyl adjacent to an activating group) is 1. The van der Waals surface area contributed by atoms with E-state index in [-0.39, 0.29) is 0 Å². The summed E-state index contributed by atoms with van der Waals surface area (Å²) in [6.45, 7) is 3.04. The molecule has 1 aromatic heterocycles. The molecule has 20 heavy (non-hydrogen) atoms. The van der Waals surface area contributed by atoms with E-state index in [4.69, 9.17) is 5.11 Å². The van der Waals surface area contributed by atoms with Gasteiger partial charge in [-0.25, -0.2) is 4.79 Å². The summed E-state index contributed by atoms with van der Waals surface area (Å²) in [7, 11) is 2.10. The third-order valence-electron chi connectivity index (χ3n) is 3.46. The van der Waals surface area contributed by atoms with Crippen LogP contribution in [0.15, 0.2) is 41.8 Å². The number of carboxylic acids is 1. The van der Waals surface area contributed by atoms with Crippen LogP contribution in [0.2, 0.25) is 0 Å². The molecule has 4 heteroatoms. The Bertz CT molecular complexity index is 548. The van der Waals surface area contributed by atoms with Crippen LogP contribution in [0.3, 0.4) is 0 Å². The molecule has 0 aliphatic heterocycles. The summed E-state index contributed by atoms with van der Waals surface area (Å²) < 4.78 is 0. The number of rotatable bonds is 6. The van der Waals surface area contributed by atoms with Crippen LogP contribution in [0.1, 0.15) is 27.7 Å². The van der Waals surface area contributed by atoms with Crippen molar-refractivity contribution >= 4 is 17.3 Å². The maximum Gasteiger partial charge on any atom is 0.335 e. The van der Waals surface area contributed by atoms with Gasteiger partial charge in [0.25, 0.3) is 0 Å². The van der Waals surface area contributed by atoms with E-state index in [2.05, 4.69) is 36.4 Å². The Morgan fingerprint density at radius 2 is 2.00 bits per heavy atom. The third-order valence-corrected chi connectivity index (χ3v) is 4.36. The van der Waals surface area contributed by atoms with Gasteiger partial charge in [0.15, 0.2) is 0 Å². The maximum absolute atomic E-state index is 10.8. The fourth-order valence-corrected chi connectivity index (χ4v) is 2.90. The Morgan fingerprint density at radius 1 is 1.30 bits per heavy atom. The predicted octanol–water partition coefficient (Wildman–Crippen LogP) is 3.51. The highest BCUT2D eigenvalue weighted by atomic mass is 32.1. The second-order valence-electron chi connectivity index (χ2n) is 5.05. The zero-order chi connectivity index (χ0) is 14.5. The predicted molar refractivity (Wildman–Crippen MR) is 82.4 cm³/mol. The molecule has 1 unspecified atom stereocenters. The Labute approximate surface area is 123 Å². The first-order valence-corrected chi connectivity index (χ1v) is 7.49. The number of nitrogens with zero attached hydrogens (tertiary/aromatic N) is 1. The second-order valence-corrected chi connectivity index (χ2v) is 6.08. The summed E-state index contributed by atoms with van der Waals surface area (Å²) in [5.41, 5.74) is 1.47. The van der Waals surface area contributed by atoms with Gasteiger partial charge in [-0.05, 0) is 49.5 Å². The summed E-state index contributed by atoms with van der Waals surface area (Å²) in [5, 5.41) is 11.0. The standard InChI is InChI=1S/C16H19NO2S/c1-12(10-15-4-3-9-20-15)17(2)11-13-5-7-14(8-6-13)16(18)19/h3-9,12H,10-11H2,1-2H3,(H,18,19). The SMILES string of the molecule is CC(Cc1cccs1)N(C)Cc1ccc(C(=O)O)cc1. The molecular formula is C16H19NO2S. The summed E-state index contributed by atoms with van der Waals surface area (Å²) in [5.74, 6) is -0.879. The average Bonchev–Trinajstić information content (AvgIpc) is 2.92. The molecule has 0 radical (unpaired) electrons. The van der Waals surface area contributed by atoms with Crippen molar-refractivity contribution in [3.63, 3.8) is 0 Å². The van der Waals surface area contributed by atoms with Crippen molar-refractivity contribution in [1.82, 2.24) is 4.90 Å². The first-order valence-electron chi connectivity index (χ1n) is 6.61. The summed E-state index contributed by atoms with van der Waals surface area (Å²) >= 11 is 1.79. The van der Waals surface area contributed by atoms with Crippen molar-refractivity contribution in [2.45, 2.75) is 25.9 Å². The molecule has 2 aromatic rings. The van der Waals surface area contributed by atoms with E-state index in [9.17, 15) is 4.79 Å². The molecule has 0 aliphatic rings. The summed E-state index contributed by atoms with van der Waals surface area (Å²) in [4.78, 5) is 14.5. The van der Waals surface area contributed by atoms with Crippen LogP contribution in [0, 0.1) is 0 Å². The van der Waals surface area contributed by atoms with Crippen molar-refractivity contribution in [3.05, 3.63) is 57.8 Å². The highest BCUT2D eigenvalue weighted by molar-refractivity contribution is 7.09. The van der Waals surface area contributed by atoms with Crippen molar-refractivity contribution < 1.29 is 9.90 Å². The van der Waals surface area contributed by atoms with Crippen LogP contribution < -0.4 is 0 Å². The van der Waals surface area contributed by atoms with Gasteiger partial charge in [0.2, 0.25) is 0 Å². The molecule has 1 atom stereocenters. The molecule has 1 heterocycles. The molecule has 1 aromatic carbocycles. The molecule has 0 saturated carbocycles. The fraction of sp³-hybridized carbons (Fsp3) is 0.312. The van der Waals surface area contributed by atoms with Gasteiger partial charge in [0.1, 0.15) is 0 Å². The van der Waals surface area contributed by atoms with Gasteiger partial charge in [-0.15, -0.1) is 11.3 Å². The van der Waals surface area contributed by atoms with Crippen molar-refractivity contribution in [1.29, 1.82) is 0 Å². The maximum atomic E-state index is 10.8. The first kappa shape index (κ1) is 14.8. The lowest BCUT2D eigenvalue weighted by Gasteiger charge is -2.24. The second kappa shape index (κ2) is 6.68. The van der Waals surface area contributed by atoms with Crippen LogP contribution in [-0.4, -0.2) is 29.1 Å². The Kier molecular flexibility index (Phi) is 4.93. The smallest absolute Gasteiger partial charge is 0.335 e. The number of benzene rings is 1. The van der Waals surface area contributed by atoms with E-state index in [0.29, 0.717) is 11.6 Å². The van der Waals surface area contributed by atoms with Gasteiger partial charge < -0.3 is 5.11 Å². The van der Waals surface area contributed by atoms with E-state index in [1.807, 2.05) is 12.1 Å². The molecule has 0 fully saturated rings. The van der Waals surface area contributed by atoms with Crippen LogP contribution in [0.5, 0.6) is 0 Å². The number of carboxylic acid groups (broad SMARTS) is 1. The van der Waals surface area contributed by atoms with Crippen LogP contribution in [-0.2, 0) is 13.0 Å². The summed E-state index contributed by atoms with van der Waals surface area (Å²) in [6.07, 6.45) is 1.04. The highest BCUT2D eigenvalue weighted by Crippen LogP contribution is 2.15. The molecule has 106 valence electrons. The molecule has 2 rings (SSSR count). The average molecular weight is 289 g/mol. The molecule has 0 spiro atoms. The number of carbonyl (C=O) groups is 1. The molecule has 0 saturated heterocycles. The topological polar surface area (TPSA) is 40.5 Å².